The number of anilines is 2. The molecule has 0 saturated heterocycles. The highest BCUT2D eigenvalue weighted by Crippen LogP contribution is 2.27. The first-order valence-corrected chi connectivity index (χ1v) is 7.42. The van der Waals surface area contributed by atoms with Crippen molar-refractivity contribution in [2.75, 3.05) is 10.5 Å². The van der Waals surface area contributed by atoms with Crippen molar-refractivity contribution in [3.8, 4) is 0 Å². The molecule has 21 heavy (non-hydrogen) atoms. The van der Waals surface area contributed by atoms with E-state index in [2.05, 4.69) is 19.9 Å². The van der Waals surface area contributed by atoms with Gasteiger partial charge in [0.15, 0.2) is 0 Å². The first-order chi connectivity index (χ1) is 9.97. The largest absolute Gasteiger partial charge is 0.408 e. The van der Waals surface area contributed by atoms with Gasteiger partial charge in [-0.2, -0.15) is 0 Å². The second kappa shape index (κ2) is 4.70. The van der Waals surface area contributed by atoms with Crippen molar-refractivity contribution in [2.45, 2.75) is 11.8 Å². The summed E-state index contributed by atoms with van der Waals surface area (Å²) in [6.07, 6.45) is 1.50. The maximum Gasteiger partial charge on any atom is 0.329 e. The van der Waals surface area contributed by atoms with Crippen molar-refractivity contribution in [3.63, 3.8) is 0 Å². The van der Waals surface area contributed by atoms with Crippen LogP contribution in [0, 0.1) is 6.92 Å². The zero-order valence-corrected chi connectivity index (χ0v) is 11.8. The van der Waals surface area contributed by atoms with Crippen LogP contribution in [0.15, 0.2) is 39.8 Å². The molecular formula is C12H11N5O3S. The number of nitrogens with one attached hydrogen (secondary N) is 1. The first-order valence-electron chi connectivity index (χ1n) is 5.93. The van der Waals surface area contributed by atoms with E-state index in [1.165, 1.54) is 18.3 Å². The number of nitrogens with two attached hydrogens (primary N) is 1. The molecule has 0 bridgehead atoms. The minimum Gasteiger partial charge on any atom is -0.408 e. The number of benzene rings is 1. The Labute approximate surface area is 120 Å². The fourth-order valence-corrected chi connectivity index (χ4v) is 2.98. The van der Waals surface area contributed by atoms with Crippen LogP contribution < -0.4 is 10.5 Å². The summed E-state index contributed by atoms with van der Waals surface area (Å²) >= 11 is 0. The number of nitrogen functional groups attached to an aromatic ring is 1. The molecule has 0 radical (unpaired) electrons. The summed E-state index contributed by atoms with van der Waals surface area (Å²) in [5.41, 5.74) is 6.56. The third-order valence-electron chi connectivity index (χ3n) is 2.80. The molecule has 0 amide bonds. The summed E-state index contributed by atoms with van der Waals surface area (Å²) in [5, 5.41) is 7.72. The number of aryl methyl sites for hydroxylation is 1. The van der Waals surface area contributed by atoms with Crippen molar-refractivity contribution in [3.05, 3.63) is 36.4 Å². The van der Waals surface area contributed by atoms with Gasteiger partial charge in [0.25, 0.3) is 10.0 Å². The van der Waals surface area contributed by atoms with Gasteiger partial charge in [0.05, 0.1) is 5.52 Å². The number of aromatic nitrogens is 3. The number of nitrogens with zero attached hydrogens (tertiary/aromatic N) is 3. The molecular weight excluding hydrogens is 294 g/mol. The van der Waals surface area contributed by atoms with E-state index < -0.39 is 10.0 Å². The van der Waals surface area contributed by atoms with Crippen LogP contribution in [0.3, 0.4) is 0 Å². The van der Waals surface area contributed by atoms with Gasteiger partial charge in [-0.15, -0.1) is 5.10 Å². The Hall–Kier alpha value is -2.68. The lowest BCUT2D eigenvalue weighted by molar-refractivity contribution is 0.534. The van der Waals surface area contributed by atoms with Crippen LogP contribution >= 0.6 is 0 Å². The quantitative estimate of drug-likeness (QED) is 0.699. The highest BCUT2D eigenvalue weighted by atomic mass is 32.2. The van der Waals surface area contributed by atoms with Crippen LogP contribution in [0.5, 0.6) is 0 Å². The number of rotatable bonds is 3. The molecule has 0 saturated carbocycles. The summed E-state index contributed by atoms with van der Waals surface area (Å²) in [6, 6.07) is 6.08. The van der Waals surface area contributed by atoms with Crippen LogP contribution in [-0.2, 0) is 10.0 Å². The lowest BCUT2D eigenvalue weighted by Crippen LogP contribution is -2.14. The lowest BCUT2D eigenvalue weighted by Gasteiger charge is -2.08. The summed E-state index contributed by atoms with van der Waals surface area (Å²) in [5.74, 6) is 0.257. The van der Waals surface area contributed by atoms with Gasteiger partial charge in [-0.3, -0.25) is 4.98 Å². The van der Waals surface area contributed by atoms with E-state index >= 15 is 0 Å². The smallest absolute Gasteiger partial charge is 0.329 e. The molecule has 9 heteroatoms. The fourth-order valence-electron chi connectivity index (χ4n) is 1.89. The molecule has 2 heterocycles. The topological polar surface area (TPSA) is 124 Å². The molecule has 0 unspecified atom stereocenters. The Morgan fingerprint density at radius 3 is 2.76 bits per heavy atom. The summed E-state index contributed by atoms with van der Waals surface area (Å²) in [4.78, 5) is 4.08. The minimum absolute atomic E-state index is 0.0110. The molecule has 0 atom stereocenters. The highest BCUT2D eigenvalue weighted by Gasteiger charge is 2.21. The third kappa shape index (κ3) is 2.38. The maximum absolute atomic E-state index is 12.4. The average Bonchev–Trinajstić information content (AvgIpc) is 2.83. The SMILES string of the molecule is Cc1nnc(NS(=O)(=O)c2ccc(N)c3cccnc23)o1. The van der Waals surface area contributed by atoms with Crippen molar-refractivity contribution < 1.29 is 12.8 Å². The number of pyridine rings is 1. The molecule has 3 aromatic rings. The Bertz CT molecular complexity index is 920. The first kappa shape index (κ1) is 13.3. The fraction of sp³-hybridized carbons (Fsp3) is 0.0833. The Kier molecular flexibility index (Phi) is 2.98. The number of hydrogen-bond donors (Lipinski definition) is 2. The number of hydrogen-bond acceptors (Lipinski definition) is 7. The number of sulfonamides is 1. The molecule has 3 rings (SSSR count). The summed E-state index contributed by atoms with van der Waals surface area (Å²) < 4.78 is 32.1. The molecule has 8 nitrogen and oxygen atoms in total. The molecule has 0 aliphatic carbocycles. The van der Waals surface area contributed by atoms with Crippen LogP contribution in [0.1, 0.15) is 5.89 Å². The van der Waals surface area contributed by atoms with Gasteiger partial charge in [-0.05, 0) is 24.3 Å². The van der Waals surface area contributed by atoms with Gasteiger partial charge in [0.2, 0.25) is 5.89 Å². The predicted octanol–water partition coefficient (Wildman–Crippen LogP) is 1.31. The van der Waals surface area contributed by atoms with Crippen LogP contribution in [0.4, 0.5) is 11.7 Å². The van der Waals surface area contributed by atoms with Crippen LogP contribution in [0.25, 0.3) is 10.9 Å². The van der Waals surface area contributed by atoms with Gasteiger partial charge in [0, 0.05) is 24.2 Å². The highest BCUT2D eigenvalue weighted by molar-refractivity contribution is 7.93. The van der Waals surface area contributed by atoms with Crippen LogP contribution in [0.2, 0.25) is 0 Å². The van der Waals surface area contributed by atoms with Crippen molar-refractivity contribution in [1.29, 1.82) is 0 Å². The third-order valence-corrected chi connectivity index (χ3v) is 4.16. The summed E-state index contributed by atoms with van der Waals surface area (Å²) in [7, 11) is -3.91. The van der Waals surface area contributed by atoms with Crippen molar-refractivity contribution in [1.82, 2.24) is 15.2 Å². The van der Waals surface area contributed by atoms with E-state index in [4.69, 9.17) is 10.2 Å². The molecule has 1 aromatic carbocycles. The van der Waals surface area contributed by atoms with Gasteiger partial charge in [0.1, 0.15) is 4.90 Å². The van der Waals surface area contributed by atoms with Crippen molar-refractivity contribution >= 4 is 32.6 Å². The minimum atomic E-state index is -3.91. The Balaban J connectivity index is 2.13. The monoisotopic (exact) mass is 305 g/mol. The molecule has 3 N–H and O–H groups in total. The van der Waals surface area contributed by atoms with Gasteiger partial charge < -0.3 is 10.2 Å². The van der Waals surface area contributed by atoms with Crippen molar-refractivity contribution in [2.24, 2.45) is 0 Å². The van der Waals surface area contributed by atoms with E-state index in [-0.39, 0.29) is 22.3 Å². The molecule has 0 aliphatic heterocycles. The normalized spacial score (nSPS) is 11.7. The Morgan fingerprint density at radius 2 is 2.05 bits per heavy atom. The van der Waals surface area contributed by atoms with Gasteiger partial charge >= 0.3 is 6.01 Å². The molecule has 0 fully saturated rings. The van der Waals surface area contributed by atoms with Gasteiger partial charge in [-0.1, -0.05) is 5.10 Å². The van der Waals surface area contributed by atoms with Gasteiger partial charge in [-0.25, -0.2) is 13.1 Å². The van der Waals surface area contributed by atoms with E-state index in [0.29, 0.717) is 11.1 Å². The second-order valence-corrected chi connectivity index (χ2v) is 5.94. The zero-order chi connectivity index (χ0) is 15.0. The van der Waals surface area contributed by atoms with E-state index in [9.17, 15) is 8.42 Å². The lowest BCUT2D eigenvalue weighted by atomic mass is 10.2. The summed E-state index contributed by atoms with van der Waals surface area (Å²) in [6.45, 7) is 1.56. The zero-order valence-electron chi connectivity index (χ0n) is 10.9. The Morgan fingerprint density at radius 1 is 1.24 bits per heavy atom. The number of fused-ring (bicyclic) bond motifs is 1. The molecule has 2 aromatic heterocycles. The van der Waals surface area contributed by atoms with E-state index in [0.717, 1.165) is 0 Å². The maximum atomic E-state index is 12.4. The molecule has 0 spiro atoms. The van der Waals surface area contributed by atoms with Crippen LogP contribution in [-0.4, -0.2) is 23.6 Å². The average molecular weight is 305 g/mol. The molecule has 108 valence electrons. The second-order valence-electron chi connectivity index (χ2n) is 4.28. The predicted molar refractivity (Wildman–Crippen MR) is 76.0 cm³/mol. The standard InChI is InChI=1S/C12H11N5O3S/c1-7-15-16-12(20-7)17-21(18,19)10-5-4-9(13)8-3-2-6-14-11(8)10/h2-6H,13H2,1H3,(H,16,17). The van der Waals surface area contributed by atoms with E-state index in [1.807, 2.05) is 0 Å². The van der Waals surface area contributed by atoms with E-state index in [1.54, 1.807) is 19.1 Å². The molecule has 0 aliphatic rings.